The van der Waals surface area contributed by atoms with Crippen LogP contribution in [-0.4, -0.2) is 54.2 Å². The topological polar surface area (TPSA) is 101 Å². The lowest BCUT2D eigenvalue weighted by Gasteiger charge is -2.39. The molecular weight excluding hydrogens is 547 g/mol. The van der Waals surface area contributed by atoms with Crippen LogP contribution in [-0.2, 0) is 33.6 Å². The summed E-state index contributed by atoms with van der Waals surface area (Å²) in [5.41, 5.74) is -0.926. The van der Waals surface area contributed by atoms with Crippen molar-refractivity contribution in [3.05, 3.63) is 64.2 Å². The van der Waals surface area contributed by atoms with E-state index in [1.54, 1.807) is 6.92 Å². The number of carbonyl (C=O) groups excluding carboxylic acids is 2. The van der Waals surface area contributed by atoms with Gasteiger partial charge in [0.25, 0.3) is 5.91 Å². The first kappa shape index (κ1) is 32.0. The van der Waals surface area contributed by atoms with Crippen LogP contribution in [0.5, 0.6) is 5.75 Å². The molecule has 7 nitrogen and oxygen atoms in total. The molecule has 3 unspecified atom stereocenters. The third kappa shape index (κ3) is 6.66. The van der Waals surface area contributed by atoms with Gasteiger partial charge in [-0.15, -0.1) is 0 Å². The molecule has 3 atom stereocenters. The summed E-state index contributed by atoms with van der Waals surface area (Å²) in [5, 5.41) is 16.7. The molecule has 2 fully saturated rings. The number of ether oxygens (including phenoxy) is 1. The lowest BCUT2D eigenvalue weighted by molar-refractivity contribution is -0.258. The van der Waals surface area contributed by atoms with Gasteiger partial charge in [-0.05, 0) is 79.5 Å². The number of hydrogen-bond donors (Lipinski definition) is 3. The molecule has 2 heterocycles. The fourth-order valence-corrected chi connectivity index (χ4v) is 5.44. The van der Waals surface area contributed by atoms with Crippen molar-refractivity contribution in [2.45, 2.75) is 89.6 Å². The molecule has 4 rings (SSSR count). The summed E-state index contributed by atoms with van der Waals surface area (Å²) in [7, 11) is 0. The van der Waals surface area contributed by atoms with E-state index in [0.29, 0.717) is 61.4 Å². The van der Waals surface area contributed by atoms with Crippen molar-refractivity contribution in [2.75, 3.05) is 26.2 Å². The molecule has 2 aromatic carbocycles. The average molecular weight is 590 g/mol. The highest BCUT2D eigenvalue weighted by molar-refractivity contribution is 6.03. The molecule has 2 aliphatic heterocycles. The van der Waals surface area contributed by atoms with E-state index in [9.17, 15) is 27.9 Å². The Balaban J connectivity index is 1.41. The van der Waals surface area contributed by atoms with Crippen LogP contribution in [0.4, 0.5) is 13.2 Å². The highest BCUT2D eigenvalue weighted by Gasteiger charge is 2.51. The third-order valence-electron chi connectivity index (χ3n) is 8.28. The Hall–Kier alpha value is -2.95. The van der Waals surface area contributed by atoms with E-state index >= 15 is 0 Å². The SMILES string of the molecule is CCCc1cc(C(C)(O)C(F)(F)F)cc(CCC)c1OCCCCN1C(=O)CNC(C)(c2ccc(C3CN3)cc2)C1=O. The van der Waals surface area contributed by atoms with Crippen LogP contribution in [0.1, 0.15) is 87.2 Å². The van der Waals surface area contributed by atoms with E-state index in [1.807, 2.05) is 38.1 Å². The molecule has 3 N–H and O–H groups in total. The number of halogens is 3. The summed E-state index contributed by atoms with van der Waals surface area (Å²) in [4.78, 5) is 27.5. The smallest absolute Gasteiger partial charge is 0.421 e. The number of aliphatic hydroxyl groups is 1. The summed E-state index contributed by atoms with van der Waals surface area (Å²) in [6.07, 6.45) is -1.33. The van der Waals surface area contributed by atoms with Crippen molar-refractivity contribution >= 4 is 11.8 Å². The first-order chi connectivity index (χ1) is 19.8. The maximum absolute atomic E-state index is 13.6. The molecular formula is C32H42F3N3O4. The molecule has 2 amide bonds. The molecule has 0 aromatic heterocycles. The Morgan fingerprint density at radius 3 is 2.17 bits per heavy atom. The van der Waals surface area contributed by atoms with E-state index in [4.69, 9.17) is 4.74 Å². The second-order valence-corrected chi connectivity index (χ2v) is 11.7. The second kappa shape index (κ2) is 12.7. The zero-order valence-electron chi connectivity index (χ0n) is 24.9. The van der Waals surface area contributed by atoms with Crippen molar-refractivity contribution in [1.82, 2.24) is 15.5 Å². The molecule has 10 heteroatoms. The predicted molar refractivity (Wildman–Crippen MR) is 154 cm³/mol. The number of rotatable bonds is 13. The van der Waals surface area contributed by atoms with Gasteiger partial charge in [-0.25, -0.2) is 0 Å². The van der Waals surface area contributed by atoms with E-state index in [1.165, 1.54) is 22.6 Å². The van der Waals surface area contributed by atoms with E-state index in [2.05, 4.69) is 10.6 Å². The highest BCUT2D eigenvalue weighted by Crippen LogP contribution is 2.41. The average Bonchev–Trinajstić information content (AvgIpc) is 3.79. The van der Waals surface area contributed by atoms with Crippen molar-refractivity contribution < 1.29 is 32.6 Å². The number of benzene rings is 2. The zero-order valence-corrected chi connectivity index (χ0v) is 24.9. The van der Waals surface area contributed by atoms with Crippen LogP contribution in [0.3, 0.4) is 0 Å². The molecule has 2 aromatic rings. The van der Waals surface area contributed by atoms with Crippen molar-refractivity contribution in [3.8, 4) is 5.75 Å². The van der Waals surface area contributed by atoms with Crippen LogP contribution in [0.25, 0.3) is 0 Å². The van der Waals surface area contributed by atoms with E-state index in [-0.39, 0.29) is 37.1 Å². The number of amides is 2. The quantitative estimate of drug-likeness (QED) is 0.172. The number of nitrogens with zero attached hydrogens (tertiary/aromatic N) is 1. The van der Waals surface area contributed by atoms with Gasteiger partial charge < -0.3 is 15.2 Å². The molecule has 0 saturated carbocycles. The Kier molecular flexibility index (Phi) is 9.69. The van der Waals surface area contributed by atoms with E-state index in [0.717, 1.165) is 19.0 Å². The first-order valence-electron chi connectivity index (χ1n) is 14.8. The summed E-state index contributed by atoms with van der Waals surface area (Å²) in [6, 6.07) is 11.1. The number of nitrogens with one attached hydrogen (secondary N) is 2. The highest BCUT2D eigenvalue weighted by atomic mass is 19.4. The minimum Gasteiger partial charge on any atom is -0.493 e. The Morgan fingerprint density at radius 2 is 1.64 bits per heavy atom. The number of alkyl halides is 3. The maximum atomic E-state index is 13.6. The third-order valence-corrected chi connectivity index (χ3v) is 8.28. The Labute approximate surface area is 245 Å². The first-order valence-corrected chi connectivity index (χ1v) is 14.8. The van der Waals surface area contributed by atoms with E-state index < -0.39 is 17.3 Å². The van der Waals surface area contributed by atoms with Crippen LogP contribution in [0.2, 0.25) is 0 Å². The normalized spacial score (nSPS) is 22.3. The minimum absolute atomic E-state index is 0.0550. The van der Waals surface area contributed by atoms with Crippen LogP contribution in [0.15, 0.2) is 36.4 Å². The van der Waals surface area contributed by atoms with Gasteiger partial charge in [0, 0.05) is 19.1 Å². The van der Waals surface area contributed by atoms with Gasteiger partial charge in [-0.2, -0.15) is 13.2 Å². The lowest BCUT2D eigenvalue weighted by atomic mass is 9.87. The number of piperazine rings is 1. The Bertz CT molecular complexity index is 1250. The van der Waals surface area contributed by atoms with Gasteiger partial charge in [0.05, 0.1) is 13.2 Å². The van der Waals surface area contributed by atoms with Crippen LogP contribution in [0, 0.1) is 0 Å². The Morgan fingerprint density at radius 1 is 1.05 bits per heavy atom. The monoisotopic (exact) mass is 589 g/mol. The molecule has 0 aliphatic carbocycles. The van der Waals surface area contributed by atoms with Gasteiger partial charge in [0.15, 0.2) is 5.60 Å². The number of carbonyl (C=O) groups is 2. The summed E-state index contributed by atoms with van der Waals surface area (Å²) in [6.45, 7) is 7.98. The molecule has 0 radical (unpaired) electrons. The zero-order chi connectivity index (χ0) is 30.7. The summed E-state index contributed by atoms with van der Waals surface area (Å²) >= 11 is 0. The van der Waals surface area contributed by atoms with Gasteiger partial charge in [0.2, 0.25) is 5.91 Å². The van der Waals surface area contributed by atoms with Crippen LogP contribution >= 0.6 is 0 Å². The summed E-state index contributed by atoms with van der Waals surface area (Å²) in [5.74, 6) is -0.00753. The van der Waals surface area contributed by atoms with Crippen LogP contribution < -0.4 is 15.4 Å². The predicted octanol–water partition coefficient (Wildman–Crippen LogP) is 5.04. The summed E-state index contributed by atoms with van der Waals surface area (Å²) < 4.78 is 47.0. The number of unbranched alkanes of at least 4 members (excludes halogenated alkanes) is 1. The molecule has 230 valence electrons. The van der Waals surface area contributed by atoms with Crippen molar-refractivity contribution in [3.63, 3.8) is 0 Å². The molecule has 2 aliphatic rings. The largest absolute Gasteiger partial charge is 0.493 e. The number of aryl methyl sites for hydroxylation is 2. The minimum atomic E-state index is -4.81. The molecule has 42 heavy (non-hydrogen) atoms. The van der Waals surface area contributed by atoms with Crippen molar-refractivity contribution in [2.24, 2.45) is 0 Å². The van der Waals surface area contributed by atoms with Gasteiger partial charge in [0.1, 0.15) is 11.3 Å². The van der Waals surface area contributed by atoms with Gasteiger partial charge in [-0.3, -0.25) is 19.8 Å². The van der Waals surface area contributed by atoms with Gasteiger partial charge in [-0.1, -0.05) is 51.0 Å². The number of imide groups is 1. The molecule has 0 bridgehead atoms. The fourth-order valence-electron chi connectivity index (χ4n) is 5.44. The van der Waals surface area contributed by atoms with Gasteiger partial charge >= 0.3 is 6.18 Å². The molecule has 2 saturated heterocycles. The second-order valence-electron chi connectivity index (χ2n) is 11.7. The number of hydrogen-bond acceptors (Lipinski definition) is 6. The maximum Gasteiger partial charge on any atom is 0.421 e. The standard InChI is InChI=1S/C32H42F3N3O4/c1-5-9-22-17-25(31(4,41)32(33,34)35)18-23(10-6-2)28(22)42-16-8-7-15-38-27(39)20-37-30(3,29(38)40)24-13-11-21(12-14-24)26-19-36-26/h11-14,17-18,26,36-37,41H,5-10,15-16,19-20H2,1-4H3. The van der Waals surface area contributed by atoms with Crippen molar-refractivity contribution in [1.29, 1.82) is 0 Å². The lowest BCUT2D eigenvalue weighted by Crippen LogP contribution is -2.63. The fraction of sp³-hybridized carbons (Fsp3) is 0.562. The molecule has 0 spiro atoms.